The number of carbonyl (C=O) groups is 2. The Kier molecular flexibility index (Phi) is 6.43. The molecular weight excluding hydrogens is 458 g/mol. The van der Waals surface area contributed by atoms with Gasteiger partial charge in [-0.3, -0.25) is 14.7 Å². The Morgan fingerprint density at radius 2 is 1.97 bits per heavy atom. The summed E-state index contributed by atoms with van der Waals surface area (Å²) in [7, 11) is -1.90. The molecule has 34 heavy (non-hydrogen) atoms. The van der Waals surface area contributed by atoms with Crippen molar-refractivity contribution in [1.82, 2.24) is 15.1 Å². The molecular formula is C24H25N3O6S. The second-order valence-electron chi connectivity index (χ2n) is 8.19. The van der Waals surface area contributed by atoms with E-state index in [9.17, 15) is 18.0 Å². The summed E-state index contributed by atoms with van der Waals surface area (Å²) in [6, 6.07) is 11.2. The highest BCUT2D eigenvalue weighted by atomic mass is 32.2. The number of esters is 1. The van der Waals surface area contributed by atoms with Crippen LogP contribution in [0.15, 0.2) is 59.8 Å². The zero-order valence-corrected chi connectivity index (χ0v) is 19.8. The molecule has 2 heterocycles. The fourth-order valence-corrected chi connectivity index (χ4v) is 4.91. The second-order valence-corrected chi connectivity index (χ2v) is 10.2. The van der Waals surface area contributed by atoms with E-state index in [0.29, 0.717) is 23.3 Å². The number of sulfone groups is 1. The summed E-state index contributed by atoms with van der Waals surface area (Å²) >= 11 is 0. The maximum Gasteiger partial charge on any atom is 0.302 e. The Hall–Kier alpha value is -3.66. The van der Waals surface area contributed by atoms with Gasteiger partial charge in [-0.05, 0) is 35.9 Å². The standard InChI is InChI=1S/C24H25N3O6S/c1-15(28)33-19-11-22(16-5-4-6-20(9-16)34(3,30)31)27(14-19)24(29)17-7-8-21(23(10-17)32-2)18-12-25-26-13-18/h4-10,12-13,19,22H,11,14H2,1-3H3,(H,25,26)/t19?,22-/m1/s1. The molecule has 2 aromatic carbocycles. The first-order valence-electron chi connectivity index (χ1n) is 10.6. The number of hydrogen-bond donors (Lipinski definition) is 1. The summed E-state index contributed by atoms with van der Waals surface area (Å²) in [5.41, 5.74) is 2.66. The molecule has 178 valence electrons. The predicted molar refractivity (Wildman–Crippen MR) is 124 cm³/mol. The molecule has 1 N–H and O–H groups in total. The summed E-state index contributed by atoms with van der Waals surface area (Å²) < 4.78 is 35.1. The highest BCUT2D eigenvalue weighted by Crippen LogP contribution is 2.37. The first kappa shape index (κ1) is 23.5. The molecule has 1 aliphatic rings. The zero-order valence-electron chi connectivity index (χ0n) is 19.0. The molecule has 9 nitrogen and oxygen atoms in total. The summed E-state index contributed by atoms with van der Waals surface area (Å²) in [5.74, 6) is -0.200. The lowest BCUT2D eigenvalue weighted by Crippen LogP contribution is -2.32. The van der Waals surface area contributed by atoms with Crippen molar-refractivity contribution in [2.75, 3.05) is 19.9 Å². The number of aromatic nitrogens is 2. The zero-order chi connectivity index (χ0) is 24.5. The van der Waals surface area contributed by atoms with E-state index in [1.807, 2.05) is 0 Å². The number of amides is 1. The quantitative estimate of drug-likeness (QED) is 0.535. The molecule has 1 aromatic heterocycles. The summed E-state index contributed by atoms with van der Waals surface area (Å²) in [4.78, 5) is 27.0. The smallest absolute Gasteiger partial charge is 0.302 e. The minimum Gasteiger partial charge on any atom is -0.496 e. The third-order valence-electron chi connectivity index (χ3n) is 5.78. The van der Waals surface area contributed by atoms with Crippen LogP contribution < -0.4 is 4.74 Å². The van der Waals surface area contributed by atoms with Gasteiger partial charge in [0, 0.05) is 42.5 Å². The van der Waals surface area contributed by atoms with Crippen molar-refractivity contribution in [3.8, 4) is 16.9 Å². The number of nitrogens with one attached hydrogen (secondary N) is 1. The second kappa shape index (κ2) is 9.30. The number of methoxy groups -OCH3 is 1. The van der Waals surface area contributed by atoms with Crippen LogP contribution >= 0.6 is 0 Å². The number of likely N-dealkylation sites (tertiary alicyclic amines) is 1. The van der Waals surface area contributed by atoms with E-state index in [2.05, 4.69) is 10.2 Å². The minimum absolute atomic E-state index is 0.166. The summed E-state index contributed by atoms with van der Waals surface area (Å²) in [6.07, 6.45) is 4.39. The summed E-state index contributed by atoms with van der Waals surface area (Å²) in [6.45, 7) is 1.52. The average Bonchev–Trinajstić information content (AvgIpc) is 3.48. The van der Waals surface area contributed by atoms with E-state index < -0.39 is 28.0 Å². The van der Waals surface area contributed by atoms with E-state index in [1.54, 1.807) is 53.7 Å². The molecule has 0 radical (unpaired) electrons. The average molecular weight is 484 g/mol. The maximum atomic E-state index is 13.6. The van der Waals surface area contributed by atoms with E-state index in [-0.39, 0.29) is 17.3 Å². The van der Waals surface area contributed by atoms with Crippen molar-refractivity contribution < 1.29 is 27.5 Å². The van der Waals surface area contributed by atoms with Crippen molar-refractivity contribution in [1.29, 1.82) is 0 Å². The van der Waals surface area contributed by atoms with Gasteiger partial charge in [0.25, 0.3) is 5.91 Å². The SMILES string of the molecule is COc1cc(C(=O)N2CC(OC(C)=O)C[C@@H]2c2cccc(S(C)(=O)=O)c2)ccc1-c1cn[nH]c1. The Morgan fingerprint density at radius 3 is 2.62 bits per heavy atom. The van der Waals surface area contributed by atoms with E-state index >= 15 is 0 Å². The van der Waals surface area contributed by atoms with Crippen LogP contribution in [0.5, 0.6) is 5.75 Å². The molecule has 0 spiro atoms. The maximum absolute atomic E-state index is 13.6. The number of ether oxygens (including phenoxy) is 2. The highest BCUT2D eigenvalue weighted by molar-refractivity contribution is 7.90. The number of nitrogens with zero attached hydrogens (tertiary/aromatic N) is 2. The molecule has 4 rings (SSSR count). The fourth-order valence-electron chi connectivity index (χ4n) is 4.24. The van der Waals surface area contributed by atoms with Crippen molar-refractivity contribution in [2.45, 2.75) is 30.4 Å². The number of carbonyl (C=O) groups excluding carboxylic acids is 2. The Labute approximate surface area is 197 Å². The molecule has 2 atom stereocenters. The van der Waals surface area contributed by atoms with Gasteiger partial charge < -0.3 is 14.4 Å². The first-order valence-corrected chi connectivity index (χ1v) is 12.5. The number of aromatic amines is 1. The molecule has 0 saturated carbocycles. The van der Waals surface area contributed by atoms with Gasteiger partial charge in [-0.1, -0.05) is 12.1 Å². The van der Waals surface area contributed by atoms with Crippen LogP contribution in [0, 0.1) is 0 Å². The van der Waals surface area contributed by atoms with E-state index in [1.165, 1.54) is 20.1 Å². The Bertz CT molecular complexity index is 1320. The van der Waals surface area contributed by atoms with Gasteiger partial charge in [-0.2, -0.15) is 5.10 Å². The molecule has 1 saturated heterocycles. The van der Waals surface area contributed by atoms with Gasteiger partial charge >= 0.3 is 5.97 Å². The Morgan fingerprint density at radius 1 is 1.18 bits per heavy atom. The van der Waals surface area contributed by atoms with Crippen molar-refractivity contribution >= 4 is 21.7 Å². The monoisotopic (exact) mass is 483 g/mol. The number of rotatable bonds is 6. The van der Waals surface area contributed by atoms with Gasteiger partial charge in [-0.15, -0.1) is 0 Å². The van der Waals surface area contributed by atoms with Crippen molar-refractivity contribution in [3.05, 3.63) is 66.0 Å². The number of H-pyrrole nitrogens is 1. The van der Waals surface area contributed by atoms with Gasteiger partial charge in [0.2, 0.25) is 0 Å². The molecule has 10 heteroatoms. The van der Waals surface area contributed by atoms with E-state index in [4.69, 9.17) is 9.47 Å². The lowest BCUT2D eigenvalue weighted by molar-refractivity contribution is -0.145. The number of benzene rings is 2. The van der Waals surface area contributed by atoms with Crippen LogP contribution in [0.2, 0.25) is 0 Å². The van der Waals surface area contributed by atoms with Crippen LogP contribution in [-0.4, -0.2) is 61.4 Å². The molecule has 1 fully saturated rings. The predicted octanol–water partition coefficient (Wildman–Crippen LogP) is 3.01. The normalized spacial score (nSPS) is 18.0. The van der Waals surface area contributed by atoms with E-state index in [0.717, 1.165) is 17.4 Å². The minimum atomic E-state index is -3.43. The summed E-state index contributed by atoms with van der Waals surface area (Å²) in [5, 5.41) is 6.71. The molecule has 0 aliphatic carbocycles. The number of hydrogen-bond acceptors (Lipinski definition) is 7. The third-order valence-corrected chi connectivity index (χ3v) is 6.90. The highest BCUT2D eigenvalue weighted by Gasteiger charge is 2.38. The lowest BCUT2D eigenvalue weighted by atomic mass is 10.0. The molecule has 1 amide bonds. The van der Waals surface area contributed by atoms with Crippen molar-refractivity contribution in [2.24, 2.45) is 0 Å². The van der Waals surface area contributed by atoms with Crippen LogP contribution in [-0.2, 0) is 19.4 Å². The molecule has 1 aliphatic heterocycles. The molecule has 0 bridgehead atoms. The van der Waals surface area contributed by atoms with Crippen molar-refractivity contribution in [3.63, 3.8) is 0 Å². The lowest BCUT2D eigenvalue weighted by Gasteiger charge is -2.25. The van der Waals surface area contributed by atoms with Crippen LogP contribution in [0.4, 0.5) is 0 Å². The van der Waals surface area contributed by atoms with Gasteiger partial charge in [0.05, 0.1) is 30.8 Å². The first-order chi connectivity index (χ1) is 16.2. The largest absolute Gasteiger partial charge is 0.496 e. The van der Waals surface area contributed by atoms with Crippen LogP contribution in [0.3, 0.4) is 0 Å². The van der Waals surface area contributed by atoms with Gasteiger partial charge in [0.15, 0.2) is 9.84 Å². The van der Waals surface area contributed by atoms with Gasteiger partial charge in [-0.25, -0.2) is 8.42 Å². The third kappa shape index (κ3) is 4.81. The molecule has 3 aromatic rings. The topological polar surface area (TPSA) is 119 Å². The Balaban J connectivity index is 1.70. The van der Waals surface area contributed by atoms with Crippen LogP contribution in [0.25, 0.3) is 11.1 Å². The van der Waals surface area contributed by atoms with Gasteiger partial charge in [0.1, 0.15) is 11.9 Å². The molecule has 1 unspecified atom stereocenters. The van der Waals surface area contributed by atoms with Crippen LogP contribution in [0.1, 0.15) is 35.3 Å². The fraction of sp³-hybridized carbons (Fsp3) is 0.292.